The Morgan fingerprint density at radius 2 is 1.39 bits per heavy atom. The SMILES string of the molecule is CCOc1ccc([S+](c2ccc(OC)cc2)c2ccc(C)cc2OC)cc1.O=S(=O)(O[O-])C(F)(F)F. The minimum Gasteiger partial charge on any atom is -0.707 e. The van der Waals surface area contributed by atoms with Crippen molar-refractivity contribution in [3.8, 4) is 17.2 Å². The van der Waals surface area contributed by atoms with Crippen LogP contribution in [0, 0.1) is 6.92 Å². The molecule has 0 fully saturated rings. The molecule has 0 aromatic heterocycles. The molecule has 3 aromatic rings. The van der Waals surface area contributed by atoms with Gasteiger partial charge < -0.3 is 23.8 Å². The van der Waals surface area contributed by atoms with Crippen LogP contribution in [0.5, 0.6) is 17.2 Å². The van der Waals surface area contributed by atoms with E-state index in [0.717, 1.165) is 22.1 Å². The van der Waals surface area contributed by atoms with E-state index in [1.165, 1.54) is 15.4 Å². The Morgan fingerprint density at radius 1 is 0.861 bits per heavy atom. The third-order valence-corrected chi connectivity index (χ3v) is 7.59. The Morgan fingerprint density at radius 3 is 1.78 bits per heavy atom. The van der Waals surface area contributed by atoms with Gasteiger partial charge in [0.05, 0.1) is 20.8 Å². The van der Waals surface area contributed by atoms with Gasteiger partial charge in [-0.3, -0.25) is 0 Å². The maximum atomic E-state index is 10.9. The van der Waals surface area contributed by atoms with Gasteiger partial charge in [-0.25, -0.2) is 0 Å². The van der Waals surface area contributed by atoms with E-state index in [4.69, 9.17) is 19.5 Å². The summed E-state index contributed by atoms with van der Waals surface area (Å²) >= 11 is 0. The van der Waals surface area contributed by atoms with Crippen molar-refractivity contribution in [1.82, 2.24) is 0 Å². The maximum absolute atomic E-state index is 10.9. The summed E-state index contributed by atoms with van der Waals surface area (Å²) in [4.78, 5) is 3.59. The molecule has 0 saturated carbocycles. The highest BCUT2D eigenvalue weighted by molar-refractivity contribution is 7.97. The first-order valence-corrected chi connectivity index (χ1v) is 13.0. The number of benzene rings is 3. The van der Waals surface area contributed by atoms with Gasteiger partial charge in [-0.1, -0.05) is 6.07 Å². The minimum absolute atomic E-state index is 0.293. The average molecular weight is 547 g/mol. The van der Waals surface area contributed by atoms with Crippen LogP contribution in [0.25, 0.3) is 0 Å². The highest BCUT2D eigenvalue weighted by Gasteiger charge is 2.45. The Labute approximate surface area is 210 Å². The van der Waals surface area contributed by atoms with Gasteiger partial charge >= 0.3 is 15.6 Å². The van der Waals surface area contributed by atoms with Gasteiger partial charge in [0.15, 0.2) is 15.5 Å². The lowest BCUT2D eigenvalue weighted by Crippen LogP contribution is -2.29. The van der Waals surface area contributed by atoms with Crippen molar-refractivity contribution < 1.29 is 45.4 Å². The van der Waals surface area contributed by atoms with Crippen LogP contribution in [0.15, 0.2) is 81.4 Å². The molecule has 0 aliphatic rings. The lowest BCUT2D eigenvalue weighted by molar-refractivity contribution is -0.636. The van der Waals surface area contributed by atoms with E-state index >= 15 is 0 Å². The predicted molar refractivity (Wildman–Crippen MR) is 127 cm³/mol. The Kier molecular flexibility index (Phi) is 10.5. The van der Waals surface area contributed by atoms with Gasteiger partial charge in [-0.05, 0) is 80.1 Å². The number of ether oxygens (including phenoxy) is 3. The summed E-state index contributed by atoms with van der Waals surface area (Å²) < 4.78 is 70.0. The Balaban J connectivity index is 0.000000434. The zero-order chi connectivity index (χ0) is 26.9. The van der Waals surface area contributed by atoms with Crippen LogP contribution in [0.1, 0.15) is 12.5 Å². The van der Waals surface area contributed by atoms with Gasteiger partial charge in [0.2, 0.25) is 4.90 Å². The molecule has 12 heteroatoms. The summed E-state index contributed by atoms with van der Waals surface area (Å²) in [5.74, 6) is 2.64. The van der Waals surface area contributed by atoms with Gasteiger partial charge in [-0.15, -0.1) is 0 Å². The molecule has 0 amide bonds. The molecule has 36 heavy (non-hydrogen) atoms. The highest BCUT2D eigenvalue weighted by atomic mass is 32.2. The fraction of sp³-hybridized carbons (Fsp3) is 0.250. The molecule has 3 rings (SSSR count). The lowest BCUT2D eigenvalue weighted by atomic mass is 10.2. The third-order valence-electron chi connectivity index (χ3n) is 4.58. The van der Waals surface area contributed by atoms with Crippen molar-refractivity contribution in [3.05, 3.63) is 72.3 Å². The zero-order valence-electron chi connectivity index (χ0n) is 19.9. The molecule has 0 aliphatic carbocycles. The summed E-state index contributed by atoms with van der Waals surface area (Å²) in [6, 6.07) is 23.0. The monoisotopic (exact) mass is 546 g/mol. The first-order valence-electron chi connectivity index (χ1n) is 10.4. The molecule has 1 unspecified atom stereocenters. The number of hydrogen-bond acceptors (Lipinski definition) is 7. The largest absolute Gasteiger partial charge is 0.707 e. The van der Waals surface area contributed by atoms with Crippen LogP contribution < -0.4 is 19.5 Å². The van der Waals surface area contributed by atoms with E-state index in [1.807, 2.05) is 35.5 Å². The van der Waals surface area contributed by atoms with Gasteiger partial charge in [0.25, 0.3) is 0 Å². The standard InChI is InChI=1S/C23H25O3S.CHF3O4S/c1-5-26-19-9-13-21(14-10-19)27(20-11-7-18(24-3)8-12-20)23-15-6-17(2)16-22(23)25-4;2-1(3,4)9(6,7)8-5/h6-16H,5H2,1-4H3;5H/q+1;/p-1. The van der Waals surface area contributed by atoms with Crippen molar-refractivity contribution in [2.24, 2.45) is 0 Å². The molecule has 0 heterocycles. The highest BCUT2D eigenvalue weighted by Crippen LogP contribution is 2.38. The summed E-state index contributed by atoms with van der Waals surface area (Å²) in [6.45, 7) is 4.73. The smallest absolute Gasteiger partial charge is 0.522 e. The number of aryl methyl sites for hydroxylation is 1. The van der Waals surface area contributed by atoms with Crippen molar-refractivity contribution in [2.45, 2.75) is 34.0 Å². The fourth-order valence-electron chi connectivity index (χ4n) is 2.92. The van der Waals surface area contributed by atoms with Gasteiger partial charge in [-0.2, -0.15) is 21.6 Å². The zero-order valence-corrected chi connectivity index (χ0v) is 21.5. The van der Waals surface area contributed by atoms with Crippen molar-refractivity contribution in [2.75, 3.05) is 20.8 Å². The molecular formula is C24H25F3O7S2. The average Bonchev–Trinajstić information content (AvgIpc) is 2.86. The normalized spacial score (nSPS) is 12.2. The van der Waals surface area contributed by atoms with E-state index in [2.05, 4.69) is 49.4 Å². The first-order chi connectivity index (χ1) is 17.0. The number of rotatable bonds is 8. The van der Waals surface area contributed by atoms with Crippen LogP contribution in [-0.2, 0) is 25.3 Å². The van der Waals surface area contributed by atoms with Crippen molar-refractivity contribution >= 4 is 21.0 Å². The maximum Gasteiger partial charge on any atom is 0.522 e. The third kappa shape index (κ3) is 7.53. The minimum atomic E-state index is -5.89. The molecular weight excluding hydrogens is 521 g/mol. The number of hydrogen-bond donors (Lipinski definition) is 0. The molecule has 1 atom stereocenters. The molecule has 0 radical (unpaired) electrons. The summed E-state index contributed by atoms with van der Waals surface area (Å²) in [6.07, 6.45) is 0. The lowest BCUT2D eigenvalue weighted by Gasteiger charge is -2.13. The fourth-order valence-corrected chi connectivity index (χ4v) is 5.14. The second-order valence-corrected chi connectivity index (χ2v) is 10.5. The topological polar surface area (TPSA) is 94.1 Å². The van der Waals surface area contributed by atoms with Crippen LogP contribution >= 0.6 is 0 Å². The first kappa shape index (κ1) is 29.3. The van der Waals surface area contributed by atoms with E-state index in [0.29, 0.717) is 6.61 Å². The molecule has 0 bridgehead atoms. The van der Waals surface area contributed by atoms with Crippen LogP contribution in [0.3, 0.4) is 0 Å². The molecule has 0 spiro atoms. The molecule has 3 aromatic carbocycles. The van der Waals surface area contributed by atoms with Crippen LogP contribution in [0.4, 0.5) is 13.2 Å². The van der Waals surface area contributed by atoms with Crippen molar-refractivity contribution in [1.29, 1.82) is 0 Å². The summed E-state index contributed by atoms with van der Waals surface area (Å²) in [5.41, 5.74) is -4.44. The molecule has 0 aliphatic heterocycles. The van der Waals surface area contributed by atoms with E-state index in [-0.39, 0.29) is 10.9 Å². The Hall–Kier alpha value is -2.93. The van der Waals surface area contributed by atoms with Gasteiger partial charge in [0.1, 0.15) is 22.4 Å². The number of alkyl halides is 3. The Bertz CT molecular complexity index is 1210. The molecule has 0 saturated heterocycles. The second-order valence-electron chi connectivity index (χ2n) is 7.01. The van der Waals surface area contributed by atoms with Crippen molar-refractivity contribution in [3.63, 3.8) is 0 Å². The summed E-state index contributed by atoms with van der Waals surface area (Å²) in [7, 11) is -2.77. The predicted octanol–water partition coefficient (Wildman–Crippen LogP) is 4.63. The van der Waals surface area contributed by atoms with E-state index in [1.54, 1.807) is 14.2 Å². The number of methoxy groups -OCH3 is 2. The van der Waals surface area contributed by atoms with Crippen LogP contribution in [0.2, 0.25) is 0 Å². The molecule has 196 valence electrons. The van der Waals surface area contributed by atoms with Gasteiger partial charge in [0, 0.05) is 0 Å². The quantitative estimate of drug-likeness (QED) is 0.176. The number of halogens is 3. The second kappa shape index (κ2) is 12.9. The summed E-state index contributed by atoms with van der Waals surface area (Å²) in [5, 5.41) is 8.79. The van der Waals surface area contributed by atoms with E-state index in [9.17, 15) is 21.6 Å². The van der Waals surface area contributed by atoms with E-state index < -0.39 is 15.6 Å². The molecule has 7 nitrogen and oxygen atoms in total. The molecule has 0 N–H and O–H groups in total. The van der Waals surface area contributed by atoms with Crippen LogP contribution in [-0.4, -0.2) is 34.8 Å².